The lowest BCUT2D eigenvalue weighted by Crippen LogP contribution is -2.43. The molecular weight excluding hydrogens is 1770 g/mol. The Bertz CT molecular complexity index is 6440. The van der Waals surface area contributed by atoms with Crippen molar-refractivity contribution in [3.63, 3.8) is 0 Å². The van der Waals surface area contributed by atoms with Crippen molar-refractivity contribution in [2.45, 2.75) is 133 Å². The standard InChI is InChI=1S/C16H12F5N5O.C16H13F4N5O.C14H9F6N5O.C14H10F5N5O.C14H11F4N5O/c1-15(18,19)14-25-24-12-6-22-11(7-26(12)14)8-2-10(17)13(23-5-8)27-9-3-16(20,21)4-9;1-15(17,18)14-24-23-12-7-21-11(8-25(12)14)9-2-3-13(22-6-9)26-10-4-16(19,20)5-10;1-13(16,17)12-24-23-10-4-21-9(5-25(10)12)7-2-8(15)11(22-3-7)26-6-14(18,19)20;1-7(15)12-23-22-11-4-20-10(5-24(11)12)8-2-9(16)13(21-3-8)25-6-14(17,18)19;1-8(15)13-22-21-11-5-19-10(6-23(11)13)9-2-3-12(20-4-9)24-7-14(16,17)18/h2,5-7,9H,3-4H2,1H3;2-3,6-8,10H,4-5H2,1H3;2-5H,6H2,1H3;2-5,7H,6H2,1H3;2-6,8H,7H2,1H3. The van der Waals surface area contributed by atoms with Crippen LogP contribution in [-0.2, 0) is 17.8 Å². The number of hydrogen-bond donors (Lipinski definition) is 0. The van der Waals surface area contributed by atoms with E-state index >= 15 is 0 Å². The Labute approximate surface area is 698 Å². The van der Waals surface area contributed by atoms with Gasteiger partial charge in [-0.2, -0.15) is 65.9 Å². The molecule has 15 heterocycles. The number of alkyl halides is 21. The zero-order valence-corrected chi connectivity index (χ0v) is 65.3. The monoisotopic (exact) mass is 1830 g/mol. The van der Waals surface area contributed by atoms with Gasteiger partial charge >= 0.3 is 36.3 Å². The summed E-state index contributed by atoms with van der Waals surface area (Å²) in [4.78, 5) is 39.0. The molecule has 54 heteroatoms. The molecule has 2 saturated carbocycles. The molecular formula is C74H55F24N25O5. The van der Waals surface area contributed by atoms with Gasteiger partial charge in [-0.05, 0) is 44.2 Å². The predicted molar refractivity (Wildman–Crippen MR) is 390 cm³/mol. The average molecular weight is 1830 g/mol. The Morgan fingerprint density at radius 3 is 0.914 bits per heavy atom. The number of halogens is 24. The van der Waals surface area contributed by atoms with E-state index in [1.165, 1.54) is 113 Å². The van der Waals surface area contributed by atoms with E-state index in [1.807, 2.05) is 0 Å². The highest BCUT2D eigenvalue weighted by atomic mass is 19.4. The third-order valence-corrected chi connectivity index (χ3v) is 17.6. The number of rotatable bonds is 20. The summed E-state index contributed by atoms with van der Waals surface area (Å²) in [6, 6.07) is 8.77. The maximum absolute atomic E-state index is 14.2. The Morgan fingerprint density at radius 2 is 0.617 bits per heavy atom. The summed E-state index contributed by atoms with van der Waals surface area (Å²) in [5.41, 5.74) is 3.75. The van der Waals surface area contributed by atoms with E-state index < -0.39 is 158 Å². The first-order valence-corrected chi connectivity index (χ1v) is 36.5. The minimum atomic E-state index is -4.64. The minimum Gasteiger partial charge on any atom is -0.474 e. The molecule has 128 heavy (non-hydrogen) atoms. The Morgan fingerprint density at radius 1 is 0.336 bits per heavy atom. The molecule has 0 N–H and O–H groups in total. The van der Waals surface area contributed by atoms with Crippen molar-refractivity contribution in [2.75, 3.05) is 19.8 Å². The Hall–Kier alpha value is -14.2. The number of fused-ring (bicyclic) bond motifs is 5. The van der Waals surface area contributed by atoms with Gasteiger partial charge in [0, 0.05) is 148 Å². The second-order valence-corrected chi connectivity index (χ2v) is 28.1. The van der Waals surface area contributed by atoms with Gasteiger partial charge in [0.1, 0.15) is 12.2 Å². The predicted octanol–water partition coefficient (Wildman–Crippen LogP) is 16.9. The van der Waals surface area contributed by atoms with Gasteiger partial charge in [-0.1, -0.05) is 0 Å². The smallest absolute Gasteiger partial charge is 0.422 e. The fourth-order valence-corrected chi connectivity index (χ4v) is 11.6. The normalized spacial score (nSPS) is 14.7. The van der Waals surface area contributed by atoms with E-state index in [9.17, 15) is 105 Å². The Kier molecular flexibility index (Phi) is 25.5. The molecule has 15 aromatic heterocycles. The molecule has 30 nitrogen and oxygen atoms in total. The van der Waals surface area contributed by atoms with Crippen LogP contribution < -0.4 is 23.7 Å². The lowest BCUT2D eigenvalue weighted by atomic mass is 9.91. The third kappa shape index (κ3) is 22.5. The van der Waals surface area contributed by atoms with E-state index in [0.717, 1.165) is 58.7 Å². The van der Waals surface area contributed by atoms with Gasteiger partial charge < -0.3 is 23.7 Å². The van der Waals surface area contributed by atoms with Crippen molar-refractivity contribution < 1.29 is 129 Å². The van der Waals surface area contributed by atoms with Crippen LogP contribution in [0.25, 0.3) is 84.5 Å². The highest BCUT2D eigenvalue weighted by molar-refractivity contribution is 5.63. The molecule has 2 unspecified atom stereocenters. The van der Waals surface area contributed by atoms with Crippen LogP contribution in [0.2, 0.25) is 0 Å². The molecule has 0 aromatic carbocycles. The number of nitrogens with zero attached hydrogens (tertiary/aromatic N) is 25. The molecule has 0 spiro atoms. The molecule has 0 bridgehead atoms. The van der Waals surface area contributed by atoms with Crippen LogP contribution in [0.15, 0.2) is 135 Å². The van der Waals surface area contributed by atoms with Crippen LogP contribution in [0.3, 0.4) is 0 Å². The first kappa shape index (κ1) is 91.5. The molecule has 0 radical (unpaired) electrons. The van der Waals surface area contributed by atoms with E-state index in [4.69, 9.17) is 9.47 Å². The maximum Gasteiger partial charge on any atom is 0.422 e. The highest BCUT2D eigenvalue weighted by Gasteiger charge is 2.49. The van der Waals surface area contributed by atoms with Gasteiger partial charge in [-0.25, -0.2) is 64.4 Å². The summed E-state index contributed by atoms with van der Waals surface area (Å²) in [6.07, 6.45) is -0.142. The number of ether oxygens (including phenoxy) is 5. The van der Waals surface area contributed by atoms with E-state index in [0.29, 0.717) is 47.7 Å². The molecule has 2 aliphatic rings. The van der Waals surface area contributed by atoms with E-state index in [1.54, 1.807) is 6.07 Å². The van der Waals surface area contributed by atoms with Crippen molar-refractivity contribution in [1.82, 2.24) is 123 Å². The molecule has 15 aromatic rings. The summed E-state index contributed by atoms with van der Waals surface area (Å²) < 4.78 is 340. The molecule has 674 valence electrons. The quantitative estimate of drug-likeness (QED) is 0.0640. The largest absolute Gasteiger partial charge is 0.474 e. The summed E-state index contributed by atoms with van der Waals surface area (Å²) in [5, 5.41) is 36.2. The van der Waals surface area contributed by atoms with E-state index in [-0.39, 0.29) is 87.0 Å². The van der Waals surface area contributed by atoms with Gasteiger partial charge in [0.15, 0.2) is 89.5 Å². The molecule has 2 atom stereocenters. The first-order valence-electron chi connectivity index (χ1n) is 36.5. The molecule has 2 aliphatic carbocycles. The minimum absolute atomic E-state index is 0.0385. The van der Waals surface area contributed by atoms with Crippen molar-refractivity contribution in [3.8, 4) is 85.7 Å². The SMILES string of the molecule is CC(F)(F)c1nnc2cnc(-c3ccc(OC4CC(F)(F)C4)nc3)cn12.CC(F)(F)c1nnc2cnc(-c3cnc(OC4CC(F)(F)C4)c(F)c3)cn12.CC(F)(F)c1nnc2cnc(-c3cnc(OCC(F)(F)F)c(F)c3)cn12.CC(F)c1nnc2cnc(-c3ccc(OCC(F)(F)F)nc3)cn12.CC(F)c1nnc2cnc(-c3cnc(OCC(F)(F)F)c(F)c3)cn12. The van der Waals surface area contributed by atoms with Crippen molar-refractivity contribution in [3.05, 3.63) is 182 Å². The number of hydrogen-bond acceptors (Lipinski definition) is 25. The maximum atomic E-state index is 14.2. The topological polar surface area (TPSA) is 326 Å². The summed E-state index contributed by atoms with van der Waals surface area (Å²) in [5.74, 6) is -21.7. The molecule has 0 aliphatic heterocycles. The Balaban J connectivity index is 0.000000137. The van der Waals surface area contributed by atoms with Gasteiger partial charge in [0.05, 0.1) is 59.5 Å². The van der Waals surface area contributed by atoms with Crippen LogP contribution in [0.5, 0.6) is 29.4 Å². The van der Waals surface area contributed by atoms with Crippen molar-refractivity contribution in [1.29, 1.82) is 0 Å². The number of pyridine rings is 5. The van der Waals surface area contributed by atoms with E-state index in [2.05, 4.69) is 115 Å². The summed E-state index contributed by atoms with van der Waals surface area (Å²) >= 11 is 0. The van der Waals surface area contributed by atoms with Crippen molar-refractivity contribution >= 4 is 28.2 Å². The molecule has 17 rings (SSSR count). The van der Waals surface area contributed by atoms with Crippen LogP contribution >= 0.6 is 0 Å². The first-order chi connectivity index (χ1) is 60.0. The summed E-state index contributed by atoms with van der Waals surface area (Å²) in [6.45, 7) is -0.0911. The van der Waals surface area contributed by atoms with Gasteiger partial charge in [-0.15, -0.1) is 51.0 Å². The van der Waals surface area contributed by atoms with Crippen molar-refractivity contribution in [2.24, 2.45) is 0 Å². The number of aromatic nitrogens is 25. The summed E-state index contributed by atoms with van der Waals surface area (Å²) in [7, 11) is 0. The van der Waals surface area contributed by atoms with Gasteiger partial charge in [-0.3, -0.25) is 46.9 Å². The zero-order chi connectivity index (χ0) is 92.5. The average Bonchev–Trinajstić information content (AvgIpc) is 1.56. The second kappa shape index (κ2) is 35.7. The fourth-order valence-electron chi connectivity index (χ4n) is 11.6. The highest BCUT2D eigenvalue weighted by Crippen LogP contribution is 2.42. The van der Waals surface area contributed by atoms with Crippen LogP contribution in [-0.4, -0.2) is 185 Å². The molecule has 0 saturated heterocycles. The van der Waals surface area contributed by atoms with Crippen LogP contribution in [0, 0.1) is 17.5 Å². The lowest BCUT2D eigenvalue weighted by molar-refractivity contribution is -0.155. The van der Waals surface area contributed by atoms with Gasteiger partial charge in [0.25, 0.3) is 29.5 Å². The van der Waals surface area contributed by atoms with Crippen LogP contribution in [0.1, 0.15) is 102 Å². The molecule has 0 amide bonds. The fraction of sp³-hybridized carbons (Fsp3) is 0.324. The molecule has 2 fully saturated rings. The second-order valence-electron chi connectivity index (χ2n) is 28.1. The van der Waals surface area contributed by atoms with Gasteiger partial charge in [0.2, 0.25) is 29.2 Å². The third-order valence-electron chi connectivity index (χ3n) is 17.6. The lowest BCUT2D eigenvalue weighted by Gasteiger charge is -2.34. The zero-order valence-electron chi connectivity index (χ0n) is 65.3. The van der Waals surface area contributed by atoms with Crippen LogP contribution in [0.4, 0.5) is 105 Å².